The Bertz CT molecular complexity index is 988. The molecular formula is C23H26ClF3N4O2. The summed E-state index contributed by atoms with van der Waals surface area (Å²) in [6.45, 7) is 4.95. The molecule has 3 rings (SSSR count). The van der Waals surface area contributed by atoms with Gasteiger partial charge in [0.15, 0.2) is 0 Å². The van der Waals surface area contributed by atoms with Gasteiger partial charge in [0.25, 0.3) is 0 Å². The second-order valence-corrected chi connectivity index (χ2v) is 8.75. The van der Waals surface area contributed by atoms with E-state index in [4.69, 9.17) is 11.6 Å². The molecule has 178 valence electrons. The van der Waals surface area contributed by atoms with E-state index in [0.29, 0.717) is 44.0 Å². The Morgan fingerprint density at radius 2 is 1.82 bits per heavy atom. The molecule has 6 nitrogen and oxygen atoms in total. The number of amides is 2. The highest BCUT2D eigenvalue weighted by Gasteiger charge is 2.33. The number of halogens is 4. The number of aromatic nitrogens is 1. The van der Waals surface area contributed by atoms with Crippen LogP contribution >= 0.6 is 11.6 Å². The Morgan fingerprint density at radius 1 is 1.18 bits per heavy atom. The number of nitrogens with zero attached hydrogens (tertiary/aromatic N) is 2. The standard InChI is InChI=1S/C23H26ClF3N4O2/c1-14(2)21(32)30-18-5-3-15(4-6-18)12-29-22(33)16-7-9-31(10-8-16)20-19(24)11-17(13-28-20)23(25,26)27/h3-6,11,13-14,16H,7-10,12H2,1-2H3,(H,29,33)(H,30,32). The van der Waals surface area contributed by atoms with E-state index >= 15 is 0 Å². The molecule has 1 aliphatic heterocycles. The van der Waals surface area contributed by atoms with Gasteiger partial charge in [-0.25, -0.2) is 4.98 Å². The van der Waals surface area contributed by atoms with E-state index in [1.807, 2.05) is 26.0 Å². The number of alkyl halides is 3. The fourth-order valence-electron chi connectivity index (χ4n) is 3.50. The van der Waals surface area contributed by atoms with Crippen LogP contribution < -0.4 is 15.5 Å². The lowest BCUT2D eigenvalue weighted by atomic mass is 9.95. The van der Waals surface area contributed by atoms with E-state index in [0.717, 1.165) is 17.8 Å². The third-order valence-electron chi connectivity index (χ3n) is 5.53. The second kappa shape index (κ2) is 10.4. The largest absolute Gasteiger partial charge is 0.417 e. The Kier molecular flexibility index (Phi) is 7.84. The molecule has 0 radical (unpaired) electrons. The molecule has 1 aromatic heterocycles. The highest BCUT2D eigenvalue weighted by molar-refractivity contribution is 6.33. The van der Waals surface area contributed by atoms with Gasteiger partial charge in [-0.3, -0.25) is 9.59 Å². The SMILES string of the molecule is CC(C)C(=O)Nc1ccc(CNC(=O)C2CCN(c3ncc(C(F)(F)F)cc3Cl)CC2)cc1. The molecule has 1 aromatic carbocycles. The number of pyridine rings is 1. The molecule has 0 spiro atoms. The molecule has 1 aliphatic rings. The van der Waals surface area contributed by atoms with Crippen LogP contribution in [0.5, 0.6) is 0 Å². The molecule has 0 bridgehead atoms. The molecule has 1 fully saturated rings. The van der Waals surface area contributed by atoms with E-state index in [2.05, 4.69) is 15.6 Å². The summed E-state index contributed by atoms with van der Waals surface area (Å²) in [7, 11) is 0. The Morgan fingerprint density at radius 3 is 2.36 bits per heavy atom. The van der Waals surface area contributed by atoms with Gasteiger partial charge in [-0.2, -0.15) is 13.2 Å². The predicted molar refractivity (Wildman–Crippen MR) is 121 cm³/mol. The van der Waals surface area contributed by atoms with Crippen molar-refractivity contribution < 1.29 is 22.8 Å². The maximum Gasteiger partial charge on any atom is 0.417 e. The lowest BCUT2D eigenvalue weighted by molar-refractivity contribution is -0.137. The van der Waals surface area contributed by atoms with Gasteiger partial charge >= 0.3 is 6.18 Å². The topological polar surface area (TPSA) is 74.3 Å². The van der Waals surface area contributed by atoms with Crippen molar-refractivity contribution in [1.82, 2.24) is 10.3 Å². The fourth-order valence-corrected chi connectivity index (χ4v) is 3.78. The van der Waals surface area contributed by atoms with Crippen LogP contribution in [0.3, 0.4) is 0 Å². The van der Waals surface area contributed by atoms with Gasteiger partial charge in [-0.1, -0.05) is 37.6 Å². The average Bonchev–Trinajstić information content (AvgIpc) is 2.77. The number of anilines is 2. The molecule has 33 heavy (non-hydrogen) atoms. The number of carbonyl (C=O) groups is 2. The summed E-state index contributed by atoms with van der Waals surface area (Å²) in [5.74, 6) is -0.137. The minimum Gasteiger partial charge on any atom is -0.355 e. The van der Waals surface area contributed by atoms with Crippen LogP contribution in [0.4, 0.5) is 24.7 Å². The van der Waals surface area contributed by atoms with Crippen LogP contribution in [-0.4, -0.2) is 29.9 Å². The Labute approximate surface area is 195 Å². The molecule has 2 N–H and O–H groups in total. The summed E-state index contributed by atoms with van der Waals surface area (Å²) >= 11 is 6.03. The maximum atomic E-state index is 12.8. The van der Waals surface area contributed by atoms with Crippen LogP contribution in [0.2, 0.25) is 5.02 Å². The van der Waals surface area contributed by atoms with Gasteiger partial charge in [-0.15, -0.1) is 0 Å². The van der Waals surface area contributed by atoms with E-state index in [9.17, 15) is 22.8 Å². The summed E-state index contributed by atoms with van der Waals surface area (Å²) in [4.78, 5) is 30.0. The van der Waals surface area contributed by atoms with Crippen molar-refractivity contribution in [3.8, 4) is 0 Å². The van der Waals surface area contributed by atoms with Crippen LogP contribution in [0.1, 0.15) is 37.8 Å². The zero-order chi connectivity index (χ0) is 24.2. The molecule has 0 unspecified atom stereocenters. The van der Waals surface area contributed by atoms with Gasteiger partial charge in [0.1, 0.15) is 5.82 Å². The third-order valence-corrected chi connectivity index (χ3v) is 5.81. The van der Waals surface area contributed by atoms with Gasteiger partial charge in [0, 0.05) is 43.4 Å². The number of carbonyl (C=O) groups excluding carboxylic acids is 2. The van der Waals surface area contributed by atoms with Crippen LogP contribution in [0.15, 0.2) is 36.5 Å². The predicted octanol–water partition coefficient (Wildman–Crippen LogP) is 4.88. The summed E-state index contributed by atoms with van der Waals surface area (Å²) in [5, 5.41) is 5.69. The first-order chi connectivity index (χ1) is 15.5. The zero-order valence-electron chi connectivity index (χ0n) is 18.4. The molecule has 2 aromatic rings. The number of nitrogens with one attached hydrogen (secondary N) is 2. The smallest absolute Gasteiger partial charge is 0.355 e. The van der Waals surface area contributed by atoms with Gasteiger partial charge in [0.2, 0.25) is 11.8 Å². The van der Waals surface area contributed by atoms with Crippen molar-refractivity contribution in [2.24, 2.45) is 11.8 Å². The number of hydrogen-bond acceptors (Lipinski definition) is 4. The average molecular weight is 483 g/mol. The highest BCUT2D eigenvalue weighted by Crippen LogP contribution is 2.34. The number of benzene rings is 1. The lowest BCUT2D eigenvalue weighted by Gasteiger charge is -2.32. The zero-order valence-corrected chi connectivity index (χ0v) is 19.1. The Hall–Kier alpha value is -2.81. The molecule has 1 saturated heterocycles. The molecule has 0 saturated carbocycles. The van der Waals surface area contributed by atoms with Crippen LogP contribution in [0, 0.1) is 11.8 Å². The van der Waals surface area contributed by atoms with Crippen molar-refractivity contribution in [3.05, 3.63) is 52.7 Å². The van der Waals surface area contributed by atoms with Crippen LogP contribution in [-0.2, 0) is 22.3 Å². The first-order valence-electron chi connectivity index (χ1n) is 10.7. The molecule has 2 amide bonds. The quantitative estimate of drug-likeness (QED) is 0.615. The van der Waals surface area contributed by atoms with E-state index in [1.54, 1.807) is 17.0 Å². The number of hydrogen-bond donors (Lipinski definition) is 2. The molecular weight excluding hydrogens is 457 g/mol. The molecule has 0 atom stereocenters. The lowest BCUT2D eigenvalue weighted by Crippen LogP contribution is -2.40. The van der Waals surface area contributed by atoms with Gasteiger partial charge in [0.05, 0.1) is 10.6 Å². The van der Waals surface area contributed by atoms with Crippen molar-refractivity contribution in [2.75, 3.05) is 23.3 Å². The molecule has 10 heteroatoms. The van der Waals surface area contributed by atoms with Crippen molar-refractivity contribution in [1.29, 1.82) is 0 Å². The van der Waals surface area contributed by atoms with Crippen LogP contribution in [0.25, 0.3) is 0 Å². The van der Waals surface area contributed by atoms with Crippen molar-refractivity contribution in [2.45, 2.75) is 39.4 Å². The summed E-state index contributed by atoms with van der Waals surface area (Å²) in [5.41, 5.74) is 0.719. The van der Waals surface area contributed by atoms with Crippen molar-refractivity contribution >= 4 is 34.9 Å². The van der Waals surface area contributed by atoms with E-state index in [-0.39, 0.29) is 28.7 Å². The highest BCUT2D eigenvalue weighted by atomic mass is 35.5. The molecule has 0 aliphatic carbocycles. The van der Waals surface area contributed by atoms with Gasteiger partial charge < -0.3 is 15.5 Å². The monoisotopic (exact) mass is 482 g/mol. The fraction of sp³-hybridized carbons (Fsp3) is 0.435. The Balaban J connectivity index is 1.48. The second-order valence-electron chi connectivity index (χ2n) is 8.35. The number of rotatable bonds is 6. The third kappa shape index (κ3) is 6.60. The minimum atomic E-state index is -4.50. The van der Waals surface area contributed by atoms with Gasteiger partial charge in [-0.05, 0) is 36.6 Å². The van der Waals surface area contributed by atoms with E-state index in [1.165, 1.54) is 0 Å². The summed E-state index contributed by atoms with van der Waals surface area (Å²) < 4.78 is 38.4. The number of piperidine rings is 1. The van der Waals surface area contributed by atoms with Crippen molar-refractivity contribution in [3.63, 3.8) is 0 Å². The molecule has 2 heterocycles. The first kappa shape index (κ1) is 24.8. The summed E-state index contributed by atoms with van der Waals surface area (Å²) in [6, 6.07) is 8.15. The summed E-state index contributed by atoms with van der Waals surface area (Å²) in [6.07, 6.45) is -2.63. The normalized spacial score (nSPS) is 14.9. The van der Waals surface area contributed by atoms with E-state index < -0.39 is 11.7 Å². The maximum absolute atomic E-state index is 12.8. The first-order valence-corrected chi connectivity index (χ1v) is 11.1. The minimum absolute atomic E-state index is 0.0549.